The van der Waals surface area contributed by atoms with E-state index in [2.05, 4.69) is 10.3 Å². The number of hydrogen-bond donors (Lipinski definition) is 0. The number of ether oxygens (including phenoxy) is 1. The van der Waals surface area contributed by atoms with Crippen molar-refractivity contribution >= 4 is 17.7 Å². The van der Waals surface area contributed by atoms with E-state index < -0.39 is 5.60 Å². The summed E-state index contributed by atoms with van der Waals surface area (Å²) < 4.78 is 7.07. The second-order valence-corrected chi connectivity index (χ2v) is 6.09. The molecule has 0 N–H and O–H groups in total. The highest BCUT2D eigenvalue weighted by molar-refractivity contribution is 6.29. The van der Waals surface area contributed by atoms with E-state index >= 15 is 0 Å². The number of rotatable bonds is 1. The van der Waals surface area contributed by atoms with Gasteiger partial charge in [0.2, 0.25) is 0 Å². The highest BCUT2D eigenvalue weighted by atomic mass is 35.5. The first-order valence-corrected chi connectivity index (χ1v) is 6.78. The summed E-state index contributed by atoms with van der Waals surface area (Å²) in [5.41, 5.74) is -0.455. The van der Waals surface area contributed by atoms with Gasteiger partial charge in [0.05, 0.1) is 12.2 Å². The van der Waals surface area contributed by atoms with Crippen molar-refractivity contribution in [1.29, 1.82) is 0 Å². The lowest BCUT2D eigenvalue weighted by Crippen LogP contribution is -2.42. The van der Waals surface area contributed by atoms with Crippen molar-refractivity contribution in [3.63, 3.8) is 0 Å². The summed E-state index contributed by atoms with van der Waals surface area (Å²) in [4.78, 5) is 13.6. The van der Waals surface area contributed by atoms with Crippen molar-refractivity contribution in [2.24, 2.45) is 0 Å². The number of nitrogens with zero attached hydrogens (tertiary/aromatic N) is 4. The first-order valence-electron chi connectivity index (χ1n) is 6.40. The zero-order valence-corrected chi connectivity index (χ0v) is 12.2. The SMILES string of the molecule is CC(C)(C)OC(=O)N1CCC(n2nncc2Cl)CC1. The van der Waals surface area contributed by atoms with Gasteiger partial charge in [0.15, 0.2) is 0 Å². The molecule has 0 atom stereocenters. The van der Waals surface area contributed by atoms with E-state index in [1.54, 1.807) is 9.58 Å². The van der Waals surface area contributed by atoms with Gasteiger partial charge in [-0.3, -0.25) is 0 Å². The Morgan fingerprint density at radius 2 is 2.05 bits per heavy atom. The van der Waals surface area contributed by atoms with E-state index in [0.29, 0.717) is 18.2 Å². The van der Waals surface area contributed by atoms with Gasteiger partial charge < -0.3 is 9.64 Å². The molecular formula is C12H19ClN4O2. The normalized spacial score (nSPS) is 17.6. The minimum Gasteiger partial charge on any atom is -0.444 e. The van der Waals surface area contributed by atoms with E-state index in [1.807, 2.05) is 20.8 Å². The van der Waals surface area contributed by atoms with Crippen LogP contribution in [0.5, 0.6) is 0 Å². The molecule has 0 unspecified atom stereocenters. The van der Waals surface area contributed by atoms with E-state index in [1.165, 1.54) is 6.20 Å². The molecule has 2 heterocycles. The van der Waals surface area contributed by atoms with Crippen LogP contribution in [-0.2, 0) is 4.74 Å². The number of aromatic nitrogens is 3. The van der Waals surface area contributed by atoms with Crippen molar-refractivity contribution < 1.29 is 9.53 Å². The van der Waals surface area contributed by atoms with Crippen LogP contribution < -0.4 is 0 Å². The van der Waals surface area contributed by atoms with Crippen LogP contribution in [0.15, 0.2) is 6.20 Å². The van der Waals surface area contributed by atoms with Gasteiger partial charge >= 0.3 is 6.09 Å². The predicted octanol–water partition coefficient (Wildman–Crippen LogP) is 2.50. The number of likely N-dealkylation sites (tertiary alicyclic amines) is 1. The van der Waals surface area contributed by atoms with Gasteiger partial charge in [-0.25, -0.2) is 9.48 Å². The molecule has 19 heavy (non-hydrogen) atoms. The van der Waals surface area contributed by atoms with E-state index in [4.69, 9.17) is 16.3 Å². The molecule has 1 fully saturated rings. The third kappa shape index (κ3) is 3.59. The van der Waals surface area contributed by atoms with Crippen molar-refractivity contribution in [2.45, 2.75) is 45.3 Å². The van der Waals surface area contributed by atoms with Crippen LogP contribution >= 0.6 is 11.6 Å². The molecule has 0 bridgehead atoms. The van der Waals surface area contributed by atoms with Crippen LogP contribution in [0.4, 0.5) is 4.79 Å². The zero-order chi connectivity index (χ0) is 14.0. The molecule has 106 valence electrons. The fourth-order valence-electron chi connectivity index (χ4n) is 2.10. The van der Waals surface area contributed by atoms with Gasteiger partial charge in [0.1, 0.15) is 10.8 Å². The van der Waals surface area contributed by atoms with E-state index in [9.17, 15) is 4.79 Å². The van der Waals surface area contributed by atoms with E-state index in [0.717, 1.165) is 12.8 Å². The molecule has 2 rings (SSSR count). The van der Waals surface area contributed by atoms with E-state index in [-0.39, 0.29) is 12.1 Å². The molecule has 7 heteroatoms. The Hall–Kier alpha value is -1.30. The summed E-state index contributed by atoms with van der Waals surface area (Å²) in [5, 5.41) is 8.28. The van der Waals surface area contributed by atoms with Gasteiger partial charge in [0, 0.05) is 13.1 Å². The second kappa shape index (κ2) is 5.36. The quantitative estimate of drug-likeness (QED) is 0.796. The van der Waals surface area contributed by atoms with Gasteiger partial charge in [-0.1, -0.05) is 16.8 Å². The Labute approximate surface area is 117 Å². The van der Waals surface area contributed by atoms with Crippen LogP contribution in [-0.4, -0.2) is 44.7 Å². The van der Waals surface area contributed by atoms with Gasteiger partial charge in [-0.2, -0.15) is 0 Å². The lowest BCUT2D eigenvalue weighted by Gasteiger charge is -2.33. The highest BCUT2D eigenvalue weighted by Gasteiger charge is 2.28. The molecule has 0 saturated carbocycles. The molecule has 0 spiro atoms. The predicted molar refractivity (Wildman–Crippen MR) is 71.1 cm³/mol. The standard InChI is InChI=1S/C12H19ClN4O2/c1-12(2,3)19-11(18)16-6-4-9(5-7-16)17-10(13)8-14-15-17/h8-9H,4-7H2,1-3H3. The Bertz CT molecular complexity index is 447. The van der Waals surface area contributed by atoms with Gasteiger partial charge in [0.25, 0.3) is 0 Å². The van der Waals surface area contributed by atoms with Gasteiger partial charge in [-0.15, -0.1) is 5.10 Å². The summed E-state index contributed by atoms with van der Waals surface area (Å²) >= 11 is 5.99. The third-order valence-electron chi connectivity index (χ3n) is 2.99. The zero-order valence-electron chi connectivity index (χ0n) is 11.5. The maximum Gasteiger partial charge on any atom is 0.410 e. The van der Waals surface area contributed by atoms with Crippen molar-refractivity contribution in [3.8, 4) is 0 Å². The highest BCUT2D eigenvalue weighted by Crippen LogP contribution is 2.25. The minimum absolute atomic E-state index is 0.202. The smallest absolute Gasteiger partial charge is 0.410 e. The molecule has 6 nitrogen and oxygen atoms in total. The lowest BCUT2D eigenvalue weighted by molar-refractivity contribution is 0.0184. The summed E-state index contributed by atoms with van der Waals surface area (Å²) in [6.07, 6.45) is 2.89. The molecule has 0 aromatic carbocycles. The average molecular weight is 287 g/mol. The maximum atomic E-state index is 11.9. The average Bonchev–Trinajstić information content (AvgIpc) is 2.73. The molecule has 1 amide bonds. The van der Waals surface area contributed by atoms with Crippen LogP contribution in [0.25, 0.3) is 0 Å². The Morgan fingerprint density at radius 1 is 1.42 bits per heavy atom. The summed E-state index contributed by atoms with van der Waals surface area (Å²) in [6, 6.07) is 0.202. The van der Waals surface area contributed by atoms with Crippen LogP contribution in [0.1, 0.15) is 39.7 Å². The molecule has 1 aromatic heterocycles. The topological polar surface area (TPSA) is 60.2 Å². The fraction of sp³-hybridized carbons (Fsp3) is 0.750. The van der Waals surface area contributed by atoms with Crippen molar-refractivity contribution in [2.75, 3.05) is 13.1 Å². The number of amides is 1. The fourth-order valence-corrected chi connectivity index (χ4v) is 2.31. The van der Waals surface area contributed by atoms with Crippen LogP contribution in [0, 0.1) is 0 Å². The number of carbonyl (C=O) groups is 1. The largest absolute Gasteiger partial charge is 0.444 e. The first kappa shape index (κ1) is 14.1. The molecule has 1 aliphatic rings. The van der Waals surface area contributed by atoms with Crippen LogP contribution in [0.2, 0.25) is 5.15 Å². The second-order valence-electron chi connectivity index (χ2n) is 5.70. The minimum atomic E-state index is -0.455. The summed E-state index contributed by atoms with van der Waals surface area (Å²) in [6.45, 7) is 6.90. The molecule has 1 aromatic rings. The number of hydrogen-bond acceptors (Lipinski definition) is 4. The maximum absolute atomic E-state index is 11.9. The number of halogens is 1. The number of piperidine rings is 1. The first-order chi connectivity index (χ1) is 8.87. The molecular weight excluding hydrogens is 268 g/mol. The third-order valence-corrected chi connectivity index (χ3v) is 3.26. The van der Waals surface area contributed by atoms with Gasteiger partial charge in [-0.05, 0) is 33.6 Å². The summed E-state index contributed by atoms with van der Waals surface area (Å²) in [5.74, 6) is 0. The summed E-state index contributed by atoms with van der Waals surface area (Å²) in [7, 11) is 0. The van der Waals surface area contributed by atoms with Crippen molar-refractivity contribution in [1.82, 2.24) is 19.9 Å². The van der Waals surface area contributed by atoms with Crippen LogP contribution in [0.3, 0.4) is 0 Å². The number of carbonyl (C=O) groups excluding carboxylic acids is 1. The molecule has 1 aliphatic heterocycles. The Morgan fingerprint density at radius 3 is 2.53 bits per heavy atom. The molecule has 0 radical (unpaired) electrons. The Kier molecular flexibility index (Phi) is 3.99. The molecule has 0 aliphatic carbocycles. The lowest BCUT2D eigenvalue weighted by atomic mass is 10.1. The Balaban J connectivity index is 1.89. The molecule has 1 saturated heterocycles. The monoisotopic (exact) mass is 286 g/mol. The van der Waals surface area contributed by atoms with Crippen molar-refractivity contribution in [3.05, 3.63) is 11.3 Å².